The maximum Gasteiger partial charge on any atom is 0.472 e. The van der Waals surface area contributed by atoms with Crippen LogP contribution in [0.15, 0.2) is 60.8 Å². The SMILES string of the molecule is CCCCC/C=C\C/C=C\C/C=C\C/C=C\CCCCCCCCCCCC(=O)NC(COP(=O)(O)OCC[N+](C)(C)C)C(/C=C\CCCCCCCCCCCC)OC(=O)CCCCCCCCCCCCCCC. The molecule has 0 rings (SSSR count). The van der Waals surface area contributed by atoms with Crippen LogP contribution in [0.25, 0.3) is 0 Å². The van der Waals surface area contributed by atoms with Gasteiger partial charge in [0.05, 0.1) is 33.8 Å². The molecule has 0 aromatic rings. The van der Waals surface area contributed by atoms with E-state index in [2.05, 4.69) is 74.7 Å². The molecule has 76 heavy (non-hydrogen) atoms. The molecule has 0 aliphatic carbocycles. The number of rotatable bonds is 58. The van der Waals surface area contributed by atoms with Crippen LogP contribution in [0, 0.1) is 0 Å². The number of hydrogen-bond acceptors (Lipinski definition) is 6. The summed E-state index contributed by atoms with van der Waals surface area (Å²) in [7, 11) is 1.50. The van der Waals surface area contributed by atoms with Gasteiger partial charge in [-0.2, -0.15) is 0 Å². The Morgan fingerprint density at radius 1 is 0.461 bits per heavy atom. The Balaban J connectivity index is 5.12. The molecule has 3 unspecified atom stereocenters. The van der Waals surface area contributed by atoms with Gasteiger partial charge in [-0.15, -0.1) is 0 Å². The minimum absolute atomic E-state index is 0.0391. The number of unbranched alkanes of at least 4 members (excludes halogenated alkanes) is 34. The first-order chi connectivity index (χ1) is 36.9. The van der Waals surface area contributed by atoms with E-state index < -0.39 is 20.0 Å². The molecule has 10 heteroatoms. The van der Waals surface area contributed by atoms with Gasteiger partial charge < -0.3 is 19.4 Å². The van der Waals surface area contributed by atoms with Gasteiger partial charge in [-0.3, -0.25) is 18.6 Å². The number of quaternary nitrogens is 1. The van der Waals surface area contributed by atoms with Crippen molar-refractivity contribution in [2.24, 2.45) is 0 Å². The van der Waals surface area contributed by atoms with Crippen LogP contribution in [-0.2, 0) is 27.9 Å². The number of hydrogen-bond donors (Lipinski definition) is 2. The largest absolute Gasteiger partial charge is 0.472 e. The summed E-state index contributed by atoms with van der Waals surface area (Å²) in [5, 5.41) is 3.06. The maximum atomic E-state index is 13.6. The van der Waals surface area contributed by atoms with E-state index in [-0.39, 0.29) is 25.1 Å². The molecule has 1 amide bonds. The van der Waals surface area contributed by atoms with Crippen molar-refractivity contribution in [3.05, 3.63) is 60.8 Å². The van der Waals surface area contributed by atoms with Gasteiger partial charge >= 0.3 is 13.8 Å². The summed E-state index contributed by atoms with van der Waals surface area (Å²) in [6.45, 7) is 7.00. The molecule has 0 aliphatic heterocycles. The predicted molar refractivity (Wildman–Crippen MR) is 328 cm³/mol. The number of phosphoric acid groups is 1. The van der Waals surface area contributed by atoms with Crippen LogP contribution < -0.4 is 5.32 Å². The van der Waals surface area contributed by atoms with E-state index in [1.54, 1.807) is 0 Å². The van der Waals surface area contributed by atoms with Crippen molar-refractivity contribution in [1.82, 2.24) is 5.32 Å². The van der Waals surface area contributed by atoms with Gasteiger partial charge in [-0.1, -0.05) is 268 Å². The Hall–Kier alpha value is -2.29. The summed E-state index contributed by atoms with van der Waals surface area (Å²) in [4.78, 5) is 37.7. The molecule has 9 nitrogen and oxygen atoms in total. The molecule has 0 aliphatic rings. The monoisotopic (exact) mass is 1090 g/mol. The minimum Gasteiger partial charge on any atom is -0.456 e. The second-order valence-electron chi connectivity index (χ2n) is 22.9. The zero-order valence-electron chi connectivity index (χ0n) is 50.7. The molecule has 0 spiro atoms. The standard InChI is InChI=1S/C66H123N2O7P/c1-7-10-13-16-19-22-25-28-29-30-31-32-33-34-35-36-37-38-39-41-43-46-49-52-55-58-65(69)67-63(62-74-76(71,72)73-61-60-68(4,5)6)64(57-54-51-48-45-42-27-24-21-18-15-12-9-3)75-66(70)59-56-53-50-47-44-40-26-23-20-17-14-11-8-2/h19,22,28-29,31-32,34-35,54,57,63-64H,7-18,20-21,23-27,30,33,36-53,55-56,58-62H2,1-6H3,(H-,67,69,71,72)/p+1/b22-19-,29-28-,32-31-,35-34-,57-54-. The lowest BCUT2D eigenvalue weighted by atomic mass is 10.0. The van der Waals surface area contributed by atoms with Gasteiger partial charge in [0.2, 0.25) is 5.91 Å². The number of carbonyl (C=O) groups excluding carboxylic acids is 2. The van der Waals surface area contributed by atoms with Crippen LogP contribution in [-0.4, -0.2) is 74.3 Å². The smallest absolute Gasteiger partial charge is 0.456 e. The number of ether oxygens (including phenoxy) is 1. The molecule has 444 valence electrons. The summed E-state index contributed by atoms with van der Waals surface area (Å²) in [5.41, 5.74) is 0. The van der Waals surface area contributed by atoms with Crippen LogP contribution >= 0.6 is 7.82 Å². The predicted octanol–water partition coefficient (Wildman–Crippen LogP) is 19.8. The van der Waals surface area contributed by atoms with E-state index in [9.17, 15) is 19.0 Å². The third kappa shape index (κ3) is 56.4. The number of esters is 1. The highest BCUT2D eigenvalue weighted by atomic mass is 31.2. The highest BCUT2D eigenvalue weighted by Crippen LogP contribution is 2.43. The highest BCUT2D eigenvalue weighted by molar-refractivity contribution is 7.47. The fraction of sp³-hybridized carbons (Fsp3) is 0.818. The molecule has 0 heterocycles. The summed E-state index contributed by atoms with van der Waals surface area (Å²) in [6.07, 6.45) is 70.7. The van der Waals surface area contributed by atoms with Crippen LogP contribution in [0.1, 0.15) is 297 Å². The summed E-state index contributed by atoms with van der Waals surface area (Å²) >= 11 is 0. The zero-order chi connectivity index (χ0) is 55.7. The van der Waals surface area contributed by atoms with E-state index in [4.69, 9.17) is 13.8 Å². The van der Waals surface area contributed by atoms with Gasteiger partial charge in [0.1, 0.15) is 19.3 Å². The number of carbonyl (C=O) groups is 2. The number of allylic oxidation sites excluding steroid dienone is 9. The van der Waals surface area contributed by atoms with Crippen LogP contribution in [0.2, 0.25) is 0 Å². The quantitative estimate of drug-likeness (QED) is 0.0205. The van der Waals surface area contributed by atoms with Crippen molar-refractivity contribution in [3.8, 4) is 0 Å². The average molecular weight is 1090 g/mol. The van der Waals surface area contributed by atoms with Crippen molar-refractivity contribution < 1.29 is 37.3 Å². The summed E-state index contributed by atoms with van der Waals surface area (Å²) in [5.74, 6) is -0.504. The first-order valence-electron chi connectivity index (χ1n) is 32.1. The van der Waals surface area contributed by atoms with Crippen molar-refractivity contribution in [2.75, 3.05) is 40.9 Å². The van der Waals surface area contributed by atoms with E-state index in [0.29, 0.717) is 23.9 Å². The van der Waals surface area contributed by atoms with Crippen LogP contribution in [0.3, 0.4) is 0 Å². The molecule has 0 fully saturated rings. The van der Waals surface area contributed by atoms with Gasteiger partial charge in [0.25, 0.3) is 0 Å². The van der Waals surface area contributed by atoms with Crippen molar-refractivity contribution in [3.63, 3.8) is 0 Å². The maximum absolute atomic E-state index is 13.6. The third-order valence-corrected chi connectivity index (χ3v) is 15.2. The number of amides is 1. The molecule has 0 bridgehead atoms. The molecule has 0 radical (unpaired) electrons. The van der Waals surface area contributed by atoms with Crippen molar-refractivity contribution >= 4 is 19.7 Å². The fourth-order valence-electron chi connectivity index (χ4n) is 9.22. The topological polar surface area (TPSA) is 111 Å². The zero-order valence-corrected chi connectivity index (χ0v) is 51.6. The number of likely N-dealkylation sites (N-methyl/N-ethyl adjacent to an activating group) is 1. The Kier molecular flexibility index (Phi) is 54.3. The lowest BCUT2D eigenvalue weighted by molar-refractivity contribution is -0.870. The number of phosphoric ester groups is 1. The average Bonchev–Trinajstić information content (AvgIpc) is 3.38. The van der Waals surface area contributed by atoms with E-state index in [1.165, 1.54) is 173 Å². The fourth-order valence-corrected chi connectivity index (χ4v) is 9.95. The van der Waals surface area contributed by atoms with Crippen molar-refractivity contribution in [2.45, 2.75) is 309 Å². The number of nitrogens with zero attached hydrogens (tertiary/aromatic N) is 1. The van der Waals surface area contributed by atoms with Gasteiger partial charge in [-0.05, 0) is 76.7 Å². The Bertz CT molecular complexity index is 1490. The normalized spacial score (nSPS) is 14.0. The Morgan fingerprint density at radius 3 is 1.22 bits per heavy atom. The second kappa shape index (κ2) is 56.0. The lowest BCUT2D eigenvalue weighted by Gasteiger charge is -2.27. The first kappa shape index (κ1) is 73.7. The molecule has 0 saturated carbocycles. The highest BCUT2D eigenvalue weighted by Gasteiger charge is 2.30. The molecule has 2 N–H and O–H groups in total. The number of nitrogens with one attached hydrogen (secondary N) is 1. The Labute approximate surface area is 471 Å². The summed E-state index contributed by atoms with van der Waals surface area (Å²) < 4.78 is 30.7. The summed E-state index contributed by atoms with van der Waals surface area (Å²) in [6, 6.07) is -0.850. The third-order valence-electron chi connectivity index (χ3n) is 14.2. The molecule has 0 aromatic heterocycles. The second-order valence-corrected chi connectivity index (χ2v) is 24.4. The molecule has 3 atom stereocenters. The van der Waals surface area contributed by atoms with Crippen molar-refractivity contribution in [1.29, 1.82) is 0 Å². The molecular weight excluding hydrogens is 964 g/mol. The van der Waals surface area contributed by atoms with E-state index >= 15 is 0 Å². The van der Waals surface area contributed by atoms with E-state index in [0.717, 1.165) is 89.9 Å². The van der Waals surface area contributed by atoms with E-state index in [1.807, 2.05) is 33.3 Å². The lowest BCUT2D eigenvalue weighted by Crippen LogP contribution is -2.47. The molecule has 0 aromatic carbocycles. The molecule has 0 saturated heterocycles. The first-order valence-corrected chi connectivity index (χ1v) is 33.6. The molecular formula is C66H124N2O7P+. The van der Waals surface area contributed by atoms with Gasteiger partial charge in [0.15, 0.2) is 0 Å². The van der Waals surface area contributed by atoms with Gasteiger partial charge in [-0.25, -0.2) is 4.57 Å². The van der Waals surface area contributed by atoms with Gasteiger partial charge in [0, 0.05) is 12.8 Å². The minimum atomic E-state index is -4.45. The van der Waals surface area contributed by atoms with Crippen LogP contribution in [0.5, 0.6) is 0 Å². The Morgan fingerprint density at radius 2 is 0.803 bits per heavy atom. The van der Waals surface area contributed by atoms with Crippen LogP contribution in [0.4, 0.5) is 0 Å².